The third kappa shape index (κ3) is 3.68. The van der Waals surface area contributed by atoms with Gasteiger partial charge in [0.1, 0.15) is 0 Å². The Bertz CT molecular complexity index is 407. The van der Waals surface area contributed by atoms with Crippen molar-refractivity contribution in [3.05, 3.63) is 34.2 Å². The molecule has 0 spiro atoms. The minimum Gasteiger partial charge on any atom is -0.319 e. The summed E-state index contributed by atoms with van der Waals surface area (Å²) in [4.78, 5) is 13.9. The molecule has 0 atom stereocenters. The third-order valence-corrected chi connectivity index (χ3v) is 3.30. The van der Waals surface area contributed by atoms with Gasteiger partial charge in [0.15, 0.2) is 0 Å². The van der Waals surface area contributed by atoms with Crippen LogP contribution in [0.15, 0.2) is 23.1 Å². The van der Waals surface area contributed by atoms with Gasteiger partial charge in [0, 0.05) is 38.9 Å². The van der Waals surface area contributed by atoms with Crippen molar-refractivity contribution in [1.29, 1.82) is 0 Å². The quantitative estimate of drug-likeness (QED) is 0.758. The van der Waals surface area contributed by atoms with Gasteiger partial charge in [-0.25, -0.2) is 0 Å². The Kier molecular flexibility index (Phi) is 4.34. The first-order valence-corrected chi connectivity index (χ1v) is 6.34. The maximum atomic E-state index is 11.4. The highest BCUT2D eigenvalue weighted by molar-refractivity contribution is 5.10. The van der Waals surface area contributed by atoms with Crippen LogP contribution in [0.2, 0.25) is 0 Å². The summed E-state index contributed by atoms with van der Waals surface area (Å²) in [5.41, 5.74) is 1.12. The Morgan fingerprint density at radius 2 is 2.12 bits per heavy atom. The number of likely N-dealkylation sites (tertiary alicyclic amines) is 1. The summed E-state index contributed by atoms with van der Waals surface area (Å²) in [6.07, 6.45) is 4.50. The fourth-order valence-corrected chi connectivity index (χ4v) is 2.18. The highest BCUT2D eigenvalue weighted by Gasteiger charge is 2.09. The molecule has 0 unspecified atom stereocenters. The van der Waals surface area contributed by atoms with E-state index >= 15 is 0 Å². The molecule has 1 N–H and O–H groups in total. The number of aromatic nitrogens is 1. The smallest absolute Gasteiger partial charge is 0.250 e. The Labute approximate surface area is 102 Å². The molecular weight excluding hydrogens is 214 g/mol. The van der Waals surface area contributed by atoms with Crippen LogP contribution in [0.25, 0.3) is 0 Å². The summed E-state index contributed by atoms with van der Waals surface area (Å²) in [7, 11) is 1.77. The molecule has 0 radical (unpaired) electrons. The zero-order valence-corrected chi connectivity index (χ0v) is 10.5. The van der Waals surface area contributed by atoms with Crippen molar-refractivity contribution in [2.45, 2.75) is 19.4 Å². The van der Waals surface area contributed by atoms with E-state index in [4.69, 9.17) is 0 Å². The van der Waals surface area contributed by atoms with E-state index < -0.39 is 0 Å². The minimum atomic E-state index is 0.0591. The van der Waals surface area contributed by atoms with Gasteiger partial charge in [0.05, 0.1) is 0 Å². The molecule has 1 aliphatic rings. The first-order chi connectivity index (χ1) is 8.25. The second-order valence-corrected chi connectivity index (χ2v) is 4.71. The molecule has 94 valence electrons. The van der Waals surface area contributed by atoms with Crippen LogP contribution in [0.5, 0.6) is 0 Å². The summed E-state index contributed by atoms with van der Waals surface area (Å²) in [5, 5.41) is 3.39. The molecule has 2 rings (SSSR count). The lowest BCUT2D eigenvalue weighted by Crippen LogP contribution is -2.30. The van der Waals surface area contributed by atoms with Crippen LogP contribution in [0.1, 0.15) is 18.4 Å². The fraction of sp³-hybridized carbons (Fsp3) is 0.615. The van der Waals surface area contributed by atoms with Crippen LogP contribution in [0.4, 0.5) is 0 Å². The van der Waals surface area contributed by atoms with E-state index in [9.17, 15) is 4.79 Å². The van der Waals surface area contributed by atoms with Gasteiger partial charge < -0.3 is 14.8 Å². The maximum Gasteiger partial charge on any atom is 0.250 e. The Morgan fingerprint density at radius 3 is 2.82 bits per heavy atom. The predicted octanol–water partition coefficient (Wildman–Crippen LogP) is 0.571. The van der Waals surface area contributed by atoms with Crippen molar-refractivity contribution in [2.24, 2.45) is 7.05 Å². The highest BCUT2D eigenvalue weighted by Crippen LogP contribution is 2.05. The zero-order valence-electron chi connectivity index (χ0n) is 10.5. The van der Waals surface area contributed by atoms with Gasteiger partial charge >= 0.3 is 0 Å². The lowest BCUT2D eigenvalue weighted by Gasteiger charge is -2.14. The lowest BCUT2D eigenvalue weighted by atomic mass is 10.2. The molecule has 4 nitrogen and oxygen atoms in total. The molecule has 1 aliphatic heterocycles. The van der Waals surface area contributed by atoms with Crippen LogP contribution in [-0.2, 0) is 13.6 Å². The molecule has 1 aromatic heterocycles. The number of aryl methyl sites for hydroxylation is 1. The molecule has 0 aromatic carbocycles. The first-order valence-electron chi connectivity index (χ1n) is 6.34. The van der Waals surface area contributed by atoms with Crippen LogP contribution >= 0.6 is 0 Å². The number of hydrogen-bond donors (Lipinski definition) is 1. The van der Waals surface area contributed by atoms with E-state index in [1.54, 1.807) is 17.7 Å². The van der Waals surface area contributed by atoms with E-state index in [2.05, 4.69) is 10.2 Å². The molecule has 1 saturated heterocycles. The minimum absolute atomic E-state index is 0.0591. The molecule has 17 heavy (non-hydrogen) atoms. The van der Waals surface area contributed by atoms with Crippen molar-refractivity contribution >= 4 is 0 Å². The Hall–Kier alpha value is -1.13. The van der Waals surface area contributed by atoms with Crippen LogP contribution in [0.3, 0.4) is 0 Å². The van der Waals surface area contributed by atoms with E-state index in [0.717, 1.165) is 25.2 Å². The van der Waals surface area contributed by atoms with Crippen LogP contribution in [-0.4, -0.2) is 35.6 Å². The SMILES string of the molecule is Cn1ccc(CNCCN2CCCC2)cc1=O. The summed E-state index contributed by atoms with van der Waals surface area (Å²) in [6.45, 7) is 5.38. The van der Waals surface area contributed by atoms with Gasteiger partial charge in [-0.3, -0.25) is 4.79 Å². The van der Waals surface area contributed by atoms with E-state index in [1.165, 1.54) is 25.9 Å². The van der Waals surface area contributed by atoms with Crippen molar-refractivity contribution in [1.82, 2.24) is 14.8 Å². The molecule has 1 aromatic rings. The fourth-order valence-electron chi connectivity index (χ4n) is 2.18. The summed E-state index contributed by atoms with van der Waals surface area (Å²) in [5.74, 6) is 0. The van der Waals surface area contributed by atoms with Crippen LogP contribution in [0, 0.1) is 0 Å². The zero-order chi connectivity index (χ0) is 12.1. The number of nitrogens with zero attached hydrogens (tertiary/aromatic N) is 2. The van der Waals surface area contributed by atoms with E-state index in [0.29, 0.717) is 0 Å². The van der Waals surface area contributed by atoms with Crippen LogP contribution < -0.4 is 10.9 Å². The molecule has 0 saturated carbocycles. The lowest BCUT2D eigenvalue weighted by molar-refractivity contribution is 0.335. The van der Waals surface area contributed by atoms with Gasteiger partial charge in [0.2, 0.25) is 0 Å². The number of pyridine rings is 1. The predicted molar refractivity (Wildman–Crippen MR) is 69.1 cm³/mol. The Balaban J connectivity index is 1.70. The molecule has 0 aliphatic carbocycles. The Morgan fingerprint density at radius 1 is 1.35 bits per heavy atom. The van der Waals surface area contributed by atoms with Gasteiger partial charge in [0.25, 0.3) is 5.56 Å². The monoisotopic (exact) mass is 235 g/mol. The molecule has 1 fully saturated rings. The highest BCUT2D eigenvalue weighted by atomic mass is 16.1. The van der Waals surface area contributed by atoms with Crippen molar-refractivity contribution < 1.29 is 0 Å². The van der Waals surface area contributed by atoms with E-state index in [-0.39, 0.29) is 5.56 Å². The number of nitrogens with one attached hydrogen (secondary N) is 1. The summed E-state index contributed by atoms with van der Waals surface area (Å²) < 4.78 is 1.59. The van der Waals surface area contributed by atoms with Crippen molar-refractivity contribution in [2.75, 3.05) is 26.2 Å². The number of rotatable bonds is 5. The van der Waals surface area contributed by atoms with Gasteiger partial charge in [-0.2, -0.15) is 0 Å². The van der Waals surface area contributed by atoms with Gasteiger partial charge in [-0.15, -0.1) is 0 Å². The average Bonchev–Trinajstić information content (AvgIpc) is 2.82. The second kappa shape index (κ2) is 5.98. The summed E-state index contributed by atoms with van der Waals surface area (Å²) in [6, 6.07) is 3.69. The van der Waals surface area contributed by atoms with Gasteiger partial charge in [-0.1, -0.05) is 0 Å². The second-order valence-electron chi connectivity index (χ2n) is 4.71. The third-order valence-electron chi connectivity index (χ3n) is 3.30. The largest absolute Gasteiger partial charge is 0.319 e. The molecule has 2 heterocycles. The standard InChI is InChI=1S/C13H21N3O/c1-15-8-4-12(10-13(15)17)11-14-5-9-16-6-2-3-7-16/h4,8,10,14H,2-3,5-7,9,11H2,1H3. The molecule has 4 heteroatoms. The number of hydrogen-bond acceptors (Lipinski definition) is 3. The summed E-state index contributed by atoms with van der Waals surface area (Å²) >= 11 is 0. The first kappa shape index (κ1) is 12.3. The molecule has 0 amide bonds. The normalized spacial score (nSPS) is 16.5. The van der Waals surface area contributed by atoms with Crippen molar-refractivity contribution in [3.63, 3.8) is 0 Å². The molecule has 0 bridgehead atoms. The maximum absolute atomic E-state index is 11.4. The van der Waals surface area contributed by atoms with Gasteiger partial charge in [-0.05, 0) is 37.6 Å². The van der Waals surface area contributed by atoms with Crippen molar-refractivity contribution in [3.8, 4) is 0 Å². The molecular formula is C13H21N3O. The topological polar surface area (TPSA) is 37.3 Å². The average molecular weight is 235 g/mol. The van der Waals surface area contributed by atoms with E-state index in [1.807, 2.05) is 12.3 Å².